The van der Waals surface area contributed by atoms with Crippen molar-refractivity contribution in [3.05, 3.63) is 70.2 Å². The first-order valence-corrected chi connectivity index (χ1v) is 8.79. The lowest BCUT2D eigenvalue weighted by atomic mass is 9.95. The van der Waals surface area contributed by atoms with Crippen molar-refractivity contribution < 1.29 is 9.59 Å². The molecule has 4 nitrogen and oxygen atoms in total. The summed E-state index contributed by atoms with van der Waals surface area (Å²) < 4.78 is 1.01. The fourth-order valence-corrected chi connectivity index (χ4v) is 3.02. The second kappa shape index (κ2) is 7.18. The van der Waals surface area contributed by atoms with Gasteiger partial charge in [-0.15, -0.1) is 0 Å². The fraction of sp³-hybridized carbons (Fsp3) is 0.263. The number of nitrogens with one attached hydrogen (secondary N) is 2. The molecule has 2 aromatic rings. The van der Waals surface area contributed by atoms with Crippen molar-refractivity contribution in [3.8, 4) is 0 Å². The number of carbonyl (C=O) groups excluding carboxylic acids is 2. The third-order valence-electron chi connectivity index (χ3n) is 4.31. The van der Waals surface area contributed by atoms with Gasteiger partial charge in [0.15, 0.2) is 0 Å². The number of benzene rings is 2. The van der Waals surface area contributed by atoms with Gasteiger partial charge in [0.1, 0.15) is 0 Å². The van der Waals surface area contributed by atoms with Crippen LogP contribution in [-0.4, -0.2) is 24.9 Å². The minimum absolute atomic E-state index is 0.0405. The van der Waals surface area contributed by atoms with Gasteiger partial charge in [0, 0.05) is 23.1 Å². The highest BCUT2D eigenvalue weighted by molar-refractivity contribution is 9.10. The highest BCUT2D eigenvalue weighted by Gasteiger charge is 2.50. The highest BCUT2D eigenvalue weighted by Crippen LogP contribution is 2.48. The van der Waals surface area contributed by atoms with Gasteiger partial charge in [0.25, 0.3) is 5.91 Å². The Morgan fingerprint density at radius 2 is 1.54 bits per heavy atom. The summed E-state index contributed by atoms with van der Waals surface area (Å²) in [5, 5.41) is 5.75. The topological polar surface area (TPSA) is 58.2 Å². The Bertz CT molecular complexity index is 725. The van der Waals surface area contributed by atoms with Crippen molar-refractivity contribution in [3.63, 3.8) is 0 Å². The van der Waals surface area contributed by atoms with E-state index in [2.05, 4.69) is 26.6 Å². The van der Waals surface area contributed by atoms with E-state index in [0.29, 0.717) is 18.7 Å². The normalized spacial score (nSPS) is 14.7. The summed E-state index contributed by atoms with van der Waals surface area (Å²) in [4.78, 5) is 24.4. The van der Waals surface area contributed by atoms with E-state index in [-0.39, 0.29) is 17.2 Å². The molecule has 0 aromatic heterocycles. The summed E-state index contributed by atoms with van der Waals surface area (Å²) in [6.45, 7) is 0.839. The van der Waals surface area contributed by atoms with Gasteiger partial charge in [-0.1, -0.05) is 46.3 Å². The average Bonchev–Trinajstić information content (AvgIpc) is 3.41. The first-order chi connectivity index (χ1) is 11.6. The summed E-state index contributed by atoms with van der Waals surface area (Å²) in [6.07, 6.45) is 1.74. The van der Waals surface area contributed by atoms with Crippen LogP contribution in [0.15, 0.2) is 59.1 Å². The minimum Gasteiger partial charge on any atom is -0.354 e. The van der Waals surface area contributed by atoms with Crippen LogP contribution in [0.4, 0.5) is 0 Å². The van der Waals surface area contributed by atoms with Crippen LogP contribution in [0.5, 0.6) is 0 Å². The van der Waals surface area contributed by atoms with E-state index in [0.717, 1.165) is 22.9 Å². The van der Waals surface area contributed by atoms with E-state index >= 15 is 0 Å². The number of carbonyl (C=O) groups is 2. The molecule has 0 aliphatic heterocycles. The van der Waals surface area contributed by atoms with Crippen LogP contribution < -0.4 is 10.6 Å². The standard InChI is InChI=1S/C19H19BrN2O2/c20-16-8-6-15(7-9-16)19(10-11-19)18(24)22-13-12-21-17(23)14-4-2-1-3-5-14/h1-9H,10-13H2,(H,21,23)(H,22,24). The molecule has 1 aliphatic carbocycles. The molecular formula is C19H19BrN2O2. The van der Waals surface area contributed by atoms with E-state index < -0.39 is 0 Å². The molecule has 0 radical (unpaired) electrons. The molecule has 3 rings (SSSR count). The number of hydrogen-bond donors (Lipinski definition) is 2. The number of rotatable bonds is 6. The Hall–Kier alpha value is -2.14. The van der Waals surface area contributed by atoms with E-state index in [1.807, 2.05) is 42.5 Å². The van der Waals surface area contributed by atoms with Crippen LogP contribution in [0, 0.1) is 0 Å². The number of hydrogen-bond acceptors (Lipinski definition) is 2. The van der Waals surface area contributed by atoms with Gasteiger partial charge < -0.3 is 10.6 Å². The first kappa shape index (κ1) is 16.7. The summed E-state index contributed by atoms with van der Waals surface area (Å²) in [6, 6.07) is 17.0. The van der Waals surface area contributed by atoms with Gasteiger partial charge in [-0.2, -0.15) is 0 Å². The van der Waals surface area contributed by atoms with Crippen molar-refractivity contribution in [1.82, 2.24) is 10.6 Å². The summed E-state index contributed by atoms with van der Waals surface area (Å²) in [5.41, 5.74) is 1.29. The van der Waals surface area contributed by atoms with Crippen LogP contribution in [-0.2, 0) is 10.2 Å². The molecule has 0 spiro atoms. The molecule has 24 heavy (non-hydrogen) atoms. The molecule has 0 bridgehead atoms. The van der Waals surface area contributed by atoms with E-state index in [1.54, 1.807) is 12.1 Å². The fourth-order valence-electron chi connectivity index (χ4n) is 2.75. The van der Waals surface area contributed by atoms with Crippen LogP contribution in [0.1, 0.15) is 28.8 Å². The summed E-state index contributed by atoms with van der Waals surface area (Å²) in [7, 11) is 0. The maximum absolute atomic E-state index is 12.5. The predicted octanol–water partition coefficient (Wildman–Crippen LogP) is 3.03. The monoisotopic (exact) mass is 386 g/mol. The van der Waals surface area contributed by atoms with E-state index in [4.69, 9.17) is 0 Å². The van der Waals surface area contributed by atoms with Crippen molar-refractivity contribution in [2.24, 2.45) is 0 Å². The van der Waals surface area contributed by atoms with E-state index in [9.17, 15) is 9.59 Å². The zero-order chi connectivity index (χ0) is 17.0. The lowest BCUT2D eigenvalue weighted by Crippen LogP contribution is -2.39. The third kappa shape index (κ3) is 3.67. The van der Waals surface area contributed by atoms with Crippen molar-refractivity contribution in [1.29, 1.82) is 0 Å². The van der Waals surface area contributed by atoms with Gasteiger partial charge >= 0.3 is 0 Å². The van der Waals surface area contributed by atoms with Crippen molar-refractivity contribution in [2.45, 2.75) is 18.3 Å². The van der Waals surface area contributed by atoms with Crippen LogP contribution >= 0.6 is 15.9 Å². The largest absolute Gasteiger partial charge is 0.354 e. The second-order valence-corrected chi connectivity index (χ2v) is 6.88. The molecule has 0 heterocycles. The van der Waals surface area contributed by atoms with Crippen molar-refractivity contribution in [2.75, 3.05) is 13.1 Å². The van der Waals surface area contributed by atoms with Gasteiger partial charge in [-0.05, 0) is 42.7 Å². The van der Waals surface area contributed by atoms with Crippen LogP contribution in [0.2, 0.25) is 0 Å². The SMILES string of the molecule is O=C(NCCNC(=O)C1(c2ccc(Br)cc2)CC1)c1ccccc1. The van der Waals surface area contributed by atoms with Gasteiger partial charge in [0.05, 0.1) is 5.41 Å². The molecule has 1 saturated carbocycles. The molecule has 5 heteroatoms. The molecule has 124 valence electrons. The maximum Gasteiger partial charge on any atom is 0.251 e. The molecule has 1 aliphatic rings. The minimum atomic E-state index is -0.385. The van der Waals surface area contributed by atoms with Crippen LogP contribution in [0.25, 0.3) is 0 Å². The smallest absolute Gasteiger partial charge is 0.251 e. The molecule has 1 fully saturated rings. The lowest BCUT2D eigenvalue weighted by Gasteiger charge is -2.16. The van der Waals surface area contributed by atoms with Gasteiger partial charge in [-0.25, -0.2) is 0 Å². The summed E-state index contributed by atoms with van der Waals surface area (Å²) >= 11 is 3.41. The highest BCUT2D eigenvalue weighted by atomic mass is 79.9. The Morgan fingerprint density at radius 1 is 0.917 bits per heavy atom. The zero-order valence-corrected chi connectivity index (χ0v) is 14.8. The van der Waals surface area contributed by atoms with Crippen molar-refractivity contribution >= 4 is 27.7 Å². The Balaban J connectivity index is 1.48. The Kier molecular flexibility index (Phi) is 5.00. The molecule has 0 atom stereocenters. The first-order valence-electron chi connectivity index (χ1n) is 7.99. The number of halogens is 1. The van der Waals surface area contributed by atoms with E-state index in [1.165, 1.54) is 0 Å². The molecular weight excluding hydrogens is 368 g/mol. The maximum atomic E-state index is 12.5. The Labute approximate surface area is 149 Å². The predicted molar refractivity (Wildman–Crippen MR) is 96.8 cm³/mol. The zero-order valence-electron chi connectivity index (χ0n) is 13.2. The molecule has 0 saturated heterocycles. The molecule has 0 unspecified atom stereocenters. The Morgan fingerprint density at radius 3 is 2.17 bits per heavy atom. The quantitative estimate of drug-likeness (QED) is 0.749. The second-order valence-electron chi connectivity index (χ2n) is 5.97. The molecule has 2 aromatic carbocycles. The average molecular weight is 387 g/mol. The molecule has 2 amide bonds. The third-order valence-corrected chi connectivity index (χ3v) is 4.84. The lowest BCUT2D eigenvalue weighted by molar-refractivity contribution is -0.123. The van der Waals surface area contributed by atoms with Crippen LogP contribution in [0.3, 0.4) is 0 Å². The number of amides is 2. The summed E-state index contributed by atoms with van der Waals surface area (Å²) in [5.74, 6) is -0.0855. The molecule has 2 N–H and O–H groups in total. The van der Waals surface area contributed by atoms with Gasteiger partial charge in [-0.3, -0.25) is 9.59 Å². The van der Waals surface area contributed by atoms with Gasteiger partial charge in [0.2, 0.25) is 5.91 Å².